The van der Waals surface area contributed by atoms with Gasteiger partial charge in [-0.05, 0) is 37.6 Å². The van der Waals surface area contributed by atoms with Crippen LogP contribution in [0.3, 0.4) is 0 Å². The van der Waals surface area contributed by atoms with Gasteiger partial charge in [0.1, 0.15) is 0 Å². The molecule has 0 aliphatic carbocycles. The Kier molecular flexibility index (Phi) is 6.02. The van der Waals surface area contributed by atoms with Gasteiger partial charge in [-0.25, -0.2) is 4.79 Å². The predicted octanol–water partition coefficient (Wildman–Crippen LogP) is 2.39. The van der Waals surface area contributed by atoms with Crippen LogP contribution in [0, 0.1) is 0 Å². The summed E-state index contributed by atoms with van der Waals surface area (Å²) >= 11 is 0. The first-order valence-corrected chi connectivity index (χ1v) is 12.0. The van der Waals surface area contributed by atoms with E-state index in [2.05, 4.69) is 16.0 Å². The van der Waals surface area contributed by atoms with Crippen molar-refractivity contribution < 1.29 is 0 Å². The lowest BCUT2D eigenvalue weighted by molar-refractivity contribution is 0.495. The fraction of sp³-hybridized carbons (Fsp3) is 0.385. The zero-order valence-electron chi connectivity index (χ0n) is 20.4. The van der Waals surface area contributed by atoms with Crippen molar-refractivity contribution in [1.29, 1.82) is 0 Å². The Bertz CT molecular complexity index is 1550. The van der Waals surface area contributed by atoms with Crippen LogP contribution in [0.25, 0.3) is 21.9 Å². The molecule has 1 aliphatic rings. The third-order valence-corrected chi connectivity index (χ3v) is 6.71. The van der Waals surface area contributed by atoms with Gasteiger partial charge in [-0.1, -0.05) is 35.9 Å². The van der Waals surface area contributed by atoms with Crippen molar-refractivity contribution in [1.82, 2.24) is 23.7 Å². The highest BCUT2D eigenvalue weighted by atomic mass is 16.2. The highest BCUT2D eigenvalue weighted by Crippen LogP contribution is 2.24. The van der Waals surface area contributed by atoms with Crippen LogP contribution in [0.5, 0.6) is 0 Å². The molecule has 1 atom stereocenters. The van der Waals surface area contributed by atoms with E-state index in [-0.39, 0.29) is 18.1 Å². The van der Waals surface area contributed by atoms with Gasteiger partial charge in [0.2, 0.25) is 5.95 Å². The molecule has 4 aromatic rings. The van der Waals surface area contributed by atoms with Gasteiger partial charge < -0.3 is 15.2 Å². The van der Waals surface area contributed by atoms with E-state index in [4.69, 9.17) is 10.7 Å². The number of allylic oxidation sites excluding steroid dienone is 2. The van der Waals surface area contributed by atoms with E-state index in [9.17, 15) is 9.59 Å². The zero-order valence-corrected chi connectivity index (χ0v) is 20.4. The number of nitrogens with two attached hydrogens (primary N) is 1. The lowest BCUT2D eigenvalue weighted by Gasteiger charge is -2.31. The number of benzene rings is 1. The molecule has 5 rings (SSSR count). The number of fused-ring (bicyclic) bond motifs is 2. The first kappa shape index (κ1) is 23.0. The topological polar surface area (TPSA) is 104 Å². The number of rotatable bonds is 5. The number of hydrogen-bond donors (Lipinski definition) is 1. The largest absolute Gasteiger partial charge is 0.341 e. The fourth-order valence-corrected chi connectivity index (χ4v) is 4.85. The highest BCUT2D eigenvalue weighted by Gasteiger charge is 2.26. The Hall–Kier alpha value is -3.72. The van der Waals surface area contributed by atoms with E-state index in [1.54, 1.807) is 19.4 Å². The Morgan fingerprint density at radius 3 is 2.74 bits per heavy atom. The van der Waals surface area contributed by atoms with Crippen molar-refractivity contribution in [3.05, 3.63) is 74.7 Å². The van der Waals surface area contributed by atoms with Crippen LogP contribution in [-0.4, -0.2) is 42.8 Å². The Labute approximate surface area is 203 Å². The smallest absolute Gasteiger partial charge is 0.332 e. The van der Waals surface area contributed by atoms with Gasteiger partial charge in [-0.3, -0.25) is 18.9 Å². The highest BCUT2D eigenvalue weighted by molar-refractivity contribution is 5.84. The maximum Gasteiger partial charge on any atom is 0.332 e. The van der Waals surface area contributed by atoms with Crippen molar-refractivity contribution in [3.8, 4) is 0 Å². The lowest BCUT2D eigenvalue weighted by atomic mass is 10.1. The van der Waals surface area contributed by atoms with Gasteiger partial charge in [0.15, 0.2) is 11.2 Å². The standard InChI is InChI=1S/C26H31N7O2/c1-17(2)10-12-32-22-23(29-25(32)31-11-6-8-20(27)16-31)30(3)26(35)33(24(22)34)15-19-14-28-13-18-7-4-5-9-21(18)19/h4-5,7,9-10,13-14,20H,6,8,11-12,15-16,27H2,1-3H3. The molecule has 1 aromatic carbocycles. The van der Waals surface area contributed by atoms with Gasteiger partial charge in [0.05, 0.1) is 6.54 Å². The van der Waals surface area contributed by atoms with Crippen LogP contribution in [0.1, 0.15) is 32.3 Å². The lowest BCUT2D eigenvalue weighted by Crippen LogP contribution is -2.44. The molecule has 182 valence electrons. The van der Waals surface area contributed by atoms with Gasteiger partial charge >= 0.3 is 5.69 Å². The second-order valence-electron chi connectivity index (χ2n) is 9.58. The first-order chi connectivity index (χ1) is 16.8. The number of nitrogens with zero attached hydrogens (tertiary/aromatic N) is 6. The predicted molar refractivity (Wildman–Crippen MR) is 139 cm³/mol. The summed E-state index contributed by atoms with van der Waals surface area (Å²) < 4.78 is 4.69. The summed E-state index contributed by atoms with van der Waals surface area (Å²) in [6.07, 6.45) is 7.50. The van der Waals surface area contributed by atoms with E-state index in [0.717, 1.165) is 41.3 Å². The summed E-state index contributed by atoms with van der Waals surface area (Å²) in [5, 5.41) is 1.94. The number of anilines is 1. The summed E-state index contributed by atoms with van der Waals surface area (Å²) in [7, 11) is 1.67. The second kappa shape index (κ2) is 9.14. The van der Waals surface area contributed by atoms with E-state index >= 15 is 0 Å². The molecule has 0 spiro atoms. The monoisotopic (exact) mass is 473 g/mol. The average molecular weight is 474 g/mol. The van der Waals surface area contributed by atoms with Crippen molar-refractivity contribution in [2.45, 2.75) is 45.8 Å². The molecule has 3 aromatic heterocycles. The summed E-state index contributed by atoms with van der Waals surface area (Å²) in [6.45, 7) is 6.16. The molecule has 1 unspecified atom stereocenters. The third-order valence-electron chi connectivity index (χ3n) is 6.71. The molecular weight excluding hydrogens is 442 g/mol. The molecule has 1 saturated heterocycles. The van der Waals surface area contributed by atoms with Crippen LogP contribution in [0.4, 0.5) is 5.95 Å². The van der Waals surface area contributed by atoms with Gasteiger partial charge in [-0.2, -0.15) is 4.98 Å². The van der Waals surface area contributed by atoms with Crippen molar-refractivity contribution in [2.75, 3.05) is 18.0 Å². The molecule has 35 heavy (non-hydrogen) atoms. The Morgan fingerprint density at radius 2 is 1.97 bits per heavy atom. The molecule has 4 heterocycles. The van der Waals surface area contributed by atoms with Crippen molar-refractivity contribution in [2.24, 2.45) is 12.8 Å². The minimum absolute atomic E-state index is 0.0554. The molecule has 0 bridgehead atoms. The fourth-order valence-electron chi connectivity index (χ4n) is 4.85. The van der Waals surface area contributed by atoms with Crippen LogP contribution >= 0.6 is 0 Å². The normalized spacial score (nSPS) is 16.2. The zero-order chi connectivity index (χ0) is 24.7. The second-order valence-corrected chi connectivity index (χ2v) is 9.58. The molecule has 0 saturated carbocycles. The Balaban J connectivity index is 1.72. The summed E-state index contributed by atoms with van der Waals surface area (Å²) in [6, 6.07) is 7.90. The van der Waals surface area contributed by atoms with Crippen LogP contribution in [-0.2, 0) is 20.1 Å². The summed E-state index contributed by atoms with van der Waals surface area (Å²) in [5.74, 6) is 0.685. The molecule has 2 N–H and O–H groups in total. The van der Waals surface area contributed by atoms with E-state index in [1.807, 2.05) is 42.7 Å². The number of aryl methyl sites for hydroxylation is 1. The average Bonchev–Trinajstić information content (AvgIpc) is 3.24. The van der Waals surface area contributed by atoms with E-state index in [0.29, 0.717) is 30.2 Å². The Morgan fingerprint density at radius 1 is 1.17 bits per heavy atom. The molecule has 9 heteroatoms. The number of hydrogen-bond acceptors (Lipinski definition) is 6. The SMILES string of the molecule is CC(C)=CCn1c(N2CCCC(N)C2)nc2c1c(=O)n(Cc1cncc3ccccc13)c(=O)n2C. The van der Waals surface area contributed by atoms with Crippen molar-refractivity contribution >= 4 is 27.9 Å². The first-order valence-electron chi connectivity index (χ1n) is 12.0. The van der Waals surface area contributed by atoms with Crippen LogP contribution in [0.2, 0.25) is 0 Å². The number of imidazole rings is 1. The van der Waals surface area contributed by atoms with Crippen LogP contribution < -0.4 is 21.9 Å². The third kappa shape index (κ3) is 4.16. The van der Waals surface area contributed by atoms with Crippen molar-refractivity contribution in [3.63, 3.8) is 0 Å². The maximum absolute atomic E-state index is 13.9. The molecule has 0 amide bonds. The maximum atomic E-state index is 13.9. The molecule has 0 radical (unpaired) electrons. The summed E-state index contributed by atoms with van der Waals surface area (Å²) in [4.78, 5) is 38.5. The minimum atomic E-state index is -0.399. The van der Waals surface area contributed by atoms with Crippen LogP contribution in [0.15, 0.2) is 57.9 Å². The van der Waals surface area contributed by atoms with Gasteiger partial charge in [-0.15, -0.1) is 0 Å². The number of piperidine rings is 1. The quantitative estimate of drug-likeness (QED) is 0.447. The van der Waals surface area contributed by atoms with E-state index in [1.165, 1.54) is 9.13 Å². The summed E-state index contributed by atoms with van der Waals surface area (Å²) in [5.41, 5.74) is 8.28. The number of aromatic nitrogens is 5. The molecule has 1 aliphatic heterocycles. The van der Waals surface area contributed by atoms with E-state index < -0.39 is 5.69 Å². The molecule has 1 fully saturated rings. The number of pyridine rings is 1. The molecule has 9 nitrogen and oxygen atoms in total. The van der Waals surface area contributed by atoms with Gasteiger partial charge in [0, 0.05) is 50.5 Å². The minimum Gasteiger partial charge on any atom is -0.341 e. The van der Waals surface area contributed by atoms with Gasteiger partial charge in [0.25, 0.3) is 5.56 Å². The molecular formula is C26H31N7O2.